The second kappa shape index (κ2) is 7.81. The van der Waals surface area contributed by atoms with Crippen LogP contribution in [-0.4, -0.2) is 68.6 Å². The van der Waals surface area contributed by atoms with Crippen molar-refractivity contribution in [3.05, 3.63) is 0 Å². The Morgan fingerprint density at radius 1 is 1.50 bits per heavy atom. The maximum atomic E-state index is 11.5. The molecule has 20 heavy (non-hydrogen) atoms. The highest BCUT2D eigenvalue weighted by atomic mass is 16.6. The molecule has 0 aromatic heterocycles. The summed E-state index contributed by atoms with van der Waals surface area (Å²) in [4.78, 5) is 13.8. The molecular formula is C14H29N3O3. The zero-order chi connectivity index (χ0) is 15.2. The maximum Gasteiger partial charge on any atom is 0.407 e. The van der Waals surface area contributed by atoms with Gasteiger partial charge in [0.2, 0.25) is 0 Å². The summed E-state index contributed by atoms with van der Waals surface area (Å²) < 4.78 is 10.9. The summed E-state index contributed by atoms with van der Waals surface area (Å²) in [5, 5.41) is 6.13. The molecule has 2 unspecified atom stereocenters. The van der Waals surface area contributed by atoms with E-state index in [0.717, 1.165) is 26.2 Å². The number of nitrogens with zero attached hydrogens (tertiary/aromatic N) is 1. The van der Waals surface area contributed by atoms with Crippen LogP contribution in [0.5, 0.6) is 0 Å². The molecule has 2 atom stereocenters. The molecular weight excluding hydrogens is 258 g/mol. The molecule has 1 amide bonds. The molecule has 0 aromatic rings. The highest BCUT2D eigenvalue weighted by Gasteiger charge is 2.19. The quantitative estimate of drug-likeness (QED) is 0.784. The molecule has 6 heteroatoms. The van der Waals surface area contributed by atoms with Crippen molar-refractivity contribution in [1.29, 1.82) is 0 Å². The van der Waals surface area contributed by atoms with Gasteiger partial charge in [0.05, 0.1) is 12.7 Å². The van der Waals surface area contributed by atoms with Crippen LogP contribution in [0.15, 0.2) is 0 Å². The van der Waals surface area contributed by atoms with Gasteiger partial charge in [-0.2, -0.15) is 0 Å². The van der Waals surface area contributed by atoms with E-state index in [1.54, 1.807) is 0 Å². The number of ether oxygens (including phenoxy) is 2. The summed E-state index contributed by atoms with van der Waals surface area (Å²) >= 11 is 0. The first-order valence-electron chi connectivity index (χ1n) is 7.26. The zero-order valence-electron chi connectivity index (χ0n) is 13.4. The van der Waals surface area contributed by atoms with Crippen LogP contribution < -0.4 is 10.6 Å². The number of hydrogen-bond donors (Lipinski definition) is 2. The molecule has 0 aromatic carbocycles. The van der Waals surface area contributed by atoms with E-state index >= 15 is 0 Å². The Labute approximate surface area is 122 Å². The molecule has 2 N–H and O–H groups in total. The van der Waals surface area contributed by atoms with Crippen molar-refractivity contribution in [2.75, 3.05) is 39.8 Å². The van der Waals surface area contributed by atoms with Crippen molar-refractivity contribution in [3.8, 4) is 0 Å². The lowest BCUT2D eigenvalue weighted by molar-refractivity contribution is -0.0190. The molecule has 1 heterocycles. The minimum absolute atomic E-state index is 0.179. The Balaban J connectivity index is 2.14. The molecule has 0 radical (unpaired) electrons. The van der Waals surface area contributed by atoms with Gasteiger partial charge in [-0.15, -0.1) is 0 Å². The van der Waals surface area contributed by atoms with Gasteiger partial charge in [0.15, 0.2) is 0 Å². The summed E-state index contributed by atoms with van der Waals surface area (Å²) in [6, 6.07) is 0.179. The highest BCUT2D eigenvalue weighted by Crippen LogP contribution is 2.06. The van der Waals surface area contributed by atoms with Crippen LogP contribution in [0.25, 0.3) is 0 Å². The van der Waals surface area contributed by atoms with Crippen molar-refractivity contribution >= 4 is 6.09 Å². The van der Waals surface area contributed by atoms with Gasteiger partial charge in [0.1, 0.15) is 5.60 Å². The number of hydrogen-bond acceptors (Lipinski definition) is 5. The Morgan fingerprint density at radius 3 is 2.80 bits per heavy atom. The minimum Gasteiger partial charge on any atom is -0.444 e. The second-order valence-electron chi connectivity index (χ2n) is 6.45. The van der Waals surface area contributed by atoms with E-state index in [-0.39, 0.29) is 18.2 Å². The number of carbonyl (C=O) groups is 1. The van der Waals surface area contributed by atoms with E-state index in [0.29, 0.717) is 6.54 Å². The predicted octanol–water partition coefficient (Wildman–Crippen LogP) is 0.820. The third kappa shape index (κ3) is 7.67. The van der Waals surface area contributed by atoms with Crippen LogP contribution in [0.2, 0.25) is 0 Å². The molecule has 6 nitrogen and oxygen atoms in total. The fourth-order valence-corrected chi connectivity index (χ4v) is 1.95. The predicted molar refractivity (Wildman–Crippen MR) is 78.9 cm³/mol. The number of rotatable bonds is 5. The molecule has 0 bridgehead atoms. The van der Waals surface area contributed by atoms with Crippen LogP contribution in [0, 0.1) is 0 Å². The summed E-state index contributed by atoms with van der Waals surface area (Å²) in [6.07, 6.45) is -0.155. The fourth-order valence-electron chi connectivity index (χ4n) is 1.95. The third-order valence-corrected chi connectivity index (χ3v) is 2.99. The van der Waals surface area contributed by atoms with E-state index in [1.165, 1.54) is 0 Å². The third-order valence-electron chi connectivity index (χ3n) is 2.99. The number of morpholine rings is 1. The number of carbonyl (C=O) groups excluding carboxylic acids is 1. The summed E-state index contributed by atoms with van der Waals surface area (Å²) in [6.45, 7) is 11.6. The van der Waals surface area contributed by atoms with E-state index in [1.807, 2.05) is 27.7 Å². The molecule has 1 aliphatic heterocycles. The number of nitrogens with one attached hydrogen (secondary N) is 2. The van der Waals surface area contributed by atoms with Gasteiger partial charge in [-0.25, -0.2) is 4.79 Å². The largest absolute Gasteiger partial charge is 0.444 e. The normalized spacial score (nSPS) is 22.4. The standard InChI is InChI=1S/C14H29N3O3/c1-11(8-16-13(18)20-14(2,3)4)15-9-12-10-17(5)6-7-19-12/h11-12,15H,6-10H2,1-5H3,(H,16,18). The number of alkyl carbamates (subject to hydrolysis) is 1. The molecule has 1 rings (SSSR count). The van der Waals surface area contributed by atoms with E-state index in [9.17, 15) is 4.79 Å². The molecule has 0 spiro atoms. The first kappa shape index (κ1) is 17.2. The SMILES string of the molecule is CC(CNC(=O)OC(C)(C)C)NCC1CN(C)CCO1. The summed E-state index contributed by atoms with van der Waals surface area (Å²) in [7, 11) is 2.10. The molecule has 1 saturated heterocycles. The van der Waals surface area contributed by atoms with Crippen LogP contribution >= 0.6 is 0 Å². The maximum absolute atomic E-state index is 11.5. The Morgan fingerprint density at radius 2 is 2.20 bits per heavy atom. The lowest BCUT2D eigenvalue weighted by atomic mass is 10.2. The van der Waals surface area contributed by atoms with Crippen molar-refractivity contribution in [1.82, 2.24) is 15.5 Å². The highest BCUT2D eigenvalue weighted by molar-refractivity contribution is 5.67. The van der Waals surface area contributed by atoms with Crippen molar-refractivity contribution in [2.45, 2.75) is 45.4 Å². The average molecular weight is 287 g/mol. The van der Waals surface area contributed by atoms with Crippen LogP contribution in [0.3, 0.4) is 0 Å². The van der Waals surface area contributed by atoms with Gasteiger partial charge in [-0.05, 0) is 34.7 Å². The smallest absolute Gasteiger partial charge is 0.407 e. The van der Waals surface area contributed by atoms with E-state index in [4.69, 9.17) is 9.47 Å². The molecule has 118 valence electrons. The Kier molecular flexibility index (Phi) is 6.71. The average Bonchev–Trinajstić information content (AvgIpc) is 2.32. The monoisotopic (exact) mass is 287 g/mol. The van der Waals surface area contributed by atoms with Gasteiger partial charge in [0, 0.05) is 32.2 Å². The lowest BCUT2D eigenvalue weighted by Crippen LogP contribution is -2.48. The van der Waals surface area contributed by atoms with Gasteiger partial charge in [-0.1, -0.05) is 0 Å². The zero-order valence-corrected chi connectivity index (χ0v) is 13.4. The first-order valence-corrected chi connectivity index (χ1v) is 7.26. The summed E-state index contributed by atoms with van der Waals surface area (Å²) in [5.74, 6) is 0. The Hall–Kier alpha value is -0.850. The Bertz CT molecular complexity index is 305. The van der Waals surface area contributed by atoms with E-state index < -0.39 is 5.60 Å². The topological polar surface area (TPSA) is 62.8 Å². The van der Waals surface area contributed by atoms with Crippen molar-refractivity contribution in [3.63, 3.8) is 0 Å². The van der Waals surface area contributed by atoms with Gasteiger partial charge in [0.25, 0.3) is 0 Å². The number of amides is 1. The lowest BCUT2D eigenvalue weighted by Gasteiger charge is -2.31. The second-order valence-corrected chi connectivity index (χ2v) is 6.45. The molecule has 0 aliphatic carbocycles. The molecule has 1 fully saturated rings. The fraction of sp³-hybridized carbons (Fsp3) is 0.929. The van der Waals surface area contributed by atoms with Crippen LogP contribution in [0.4, 0.5) is 4.79 Å². The van der Waals surface area contributed by atoms with Gasteiger partial charge in [-0.3, -0.25) is 0 Å². The van der Waals surface area contributed by atoms with Crippen LogP contribution in [-0.2, 0) is 9.47 Å². The van der Waals surface area contributed by atoms with Crippen LogP contribution in [0.1, 0.15) is 27.7 Å². The van der Waals surface area contributed by atoms with E-state index in [2.05, 4.69) is 22.6 Å². The van der Waals surface area contributed by atoms with Gasteiger partial charge < -0.3 is 25.0 Å². The molecule has 0 saturated carbocycles. The number of likely N-dealkylation sites (N-methyl/N-ethyl adjacent to an activating group) is 1. The van der Waals surface area contributed by atoms with Crippen molar-refractivity contribution < 1.29 is 14.3 Å². The first-order chi connectivity index (χ1) is 9.26. The van der Waals surface area contributed by atoms with Gasteiger partial charge >= 0.3 is 6.09 Å². The van der Waals surface area contributed by atoms with Crippen molar-refractivity contribution in [2.24, 2.45) is 0 Å². The summed E-state index contributed by atoms with van der Waals surface area (Å²) in [5.41, 5.74) is -0.457. The minimum atomic E-state index is -0.457. The molecule has 1 aliphatic rings.